The number of benzene rings is 1. The van der Waals surface area contributed by atoms with Gasteiger partial charge in [-0.25, -0.2) is 4.98 Å². The van der Waals surface area contributed by atoms with Crippen molar-refractivity contribution in [2.24, 2.45) is 5.84 Å². The summed E-state index contributed by atoms with van der Waals surface area (Å²) in [5, 5.41) is 2.74. The van der Waals surface area contributed by atoms with E-state index in [0.717, 1.165) is 27.7 Å². The number of hydrazine groups is 1. The molecule has 0 radical (unpaired) electrons. The van der Waals surface area contributed by atoms with Crippen LogP contribution in [-0.2, 0) is 6.42 Å². The van der Waals surface area contributed by atoms with E-state index in [4.69, 9.17) is 17.4 Å². The lowest BCUT2D eigenvalue weighted by Crippen LogP contribution is -2.30. The van der Waals surface area contributed by atoms with Gasteiger partial charge in [-0.15, -0.1) is 11.3 Å². The van der Waals surface area contributed by atoms with Crippen LogP contribution in [0.2, 0.25) is 5.02 Å². The Balaban J connectivity index is 1.89. The number of hydrogen-bond donors (Lipinski definition) is 2. The van der Waals surface area contributed by atoms with Crippen molar-refractivity contribution in [3.05, 3.63) is 57.8 Å². The predicted molar refractivity (Wildman–Crippen MR) is 83.0 cm³/mol. The molecule has 3 aromatic rings. The highest BCUT2D eigenvalue weighted by Crippen LogP contribution is 2.24. The fourth-order valence-corrected chi connectivity index (χ4v) is 3.23. The molecule has 104 valence electrons. The first kappa shape index (κ1) is 13.6. The number of fused-ring (bicyclic) bond motifs is 1. The zero-order valence-corrected chi connectivity index (χ0v) is 12.6. The summed E-state index contributed by atoms with van der Waals surface area (Å²) in [5.74, 6) is 5.72. The van der Waals surface area contributed by atoms with Gasteiger partial charge in [-0.1, -0.05) is 17.7 Å². The number of nitrogens with two attached hydrogens (primary N) is 1. The molecule has 1 unspecified atom stereocenters. The summed E-state index contributed by atoms with van der Waals surface area (Å²) in [7, 11) is 0. The van der Waals surface area contributed by atoms with Crippen LogP contribution in [0.25, 0.3) is 4.96 Å². The smallest absolute Gasteiger partial charge is 0.193 e. The fraction of sp³-hybridized carbons (Fsp3) is 0.214. The molecule has 0 aliphatic carbocycles. The maximum atomic E-state index is 6.08. The largest absolute Gasteiger partial charge is 0.297 e. The first-order valence-electron chi connectivity index (χ1n) is 6.30. The molecule has 0 aliphatic heterocycles. The van der Waals surface area contributed by atoms with Gasteiger partial charge in [0.25, 0.3) is 0 Å². The highest BCUT2D eigenvalue weighted by Gasteiger charge is 2.15. The SMILES string of the molecule is Cc1ccc(Cl)cc1C(Cc1cn2ccsc2n1)NN. The third kappa shape index (κ3) is 2.58. The Hall–Kier alpha value is -1.40. The van der Waals surface area contributed by atoms with Crippen molar-refractivity contribution >= 4 is 27.9 Å². The van der Waals surface area contributed by atoms with Crippen LogP contribution in [0.1, 0.15) is 22.9 Å². The van der Waals surface area contributed by atoms with Crippen LogP contribution < -0.4 is 11.3 Å². The zero-order chi connectivity index (χ0) is 14.1. The minimum Gasteiger partial charge on any atom is -0.297 e. The quantitative estimate of drug-likeness (QED) is 0.575. The van der Waals surface area contributed by atoms with Crippen LogP contribution in [0.4, 0.5) is 0 Å². The van der Waals surface area contributed by atoms with Gasteiger partial charge in [0.2, 0.25) is 0 Å². The maximum Gasteiger partial charge on any atom is 0.193 e. The number of aromatic nitrogens is 2. The van der Waals surface area contributed by atoms with Crippen molar-refractivity contribution in [1.82, 2.24) is 14.8 Å². The molecule has 3 N–H and O–H groups in total. The Bertz CT molecular complexity index is 705. The molecule has 1 atom stereocenters. The second-order valence-corrected chi connectivity index (χ2v) is 6.06. The van der Waals surface area contributed by atoms with Gasteiger partial charge >= 0.3 is 0 Å². The van der Waals surface area contributed by atoms with Crippen molar-refractivity contribution in [2.45, 2.75) is 19.4 Å². The molecular weight excluding hydrogens is 292 g/mol. The fourth-order valence-electron chi connectivity index (χ4n) is 2.33. The first-order chi connectivity index (χ1) is 9.67. The number of halogens is 1. The van der Waals surface area contributed by atoms with Crippen molar-refractivity contribution < 1.29 is 0 Å². The molecule has 0 saturated carbocycles. The summed E-state index contributed by atoms with van der Waals surface area (Å²) in [6.45, 7) is 2.06. The van der Waals surface area contributed by atoms with E-state index in [9.17, 15) is 0 Å². The van der Waals surface area contributed by atoms with Crippen molar-refractivity contribution in [1.29, 1.82) is 0 Å². The average molecular weight is 307 g/mol. The number of nitrogens with one attached hydrogen (secondary N) is 1. The summed E-state index contributed by atoms with van der Waals surface area (Å²) in [6.07, 6.45) is 4.77. The molecular formula is C14H15ClN4S. The van der Waals surface area contributed by atoms with Gasteiger partial charge < -0.3 is 0 Å². The van der Waals surface area contributed by atoms with E-state index in [0.29, 0.717) is 0 Å². The second-order valence-electron chi connectivity index (χ2n) is 4.75. The minimum absolute atomic E-state index is 0.00157. The van der Waals surface area contributed by atoms with Gasteiger partial charge in [-0.3, -0.25) is 15.7 Å². The van der Waals surface area contributed by atoms with Gasteiger partial charge in [-0.05, 0) is 30.2 Å². The third-order valence-corrected chi connectivity index (χ3v) is 4.38. The van der Waals surface area contributed by atoms with Crippen LogP contribution in [0.15, 0.2) is 36.0 Å². The molecule has 0 saturated heterocycles. The Morgan fingerprint density at radius 1 is 1.50 bits per heavy atom. The van der Waals surface area contributed by atoms with Crippen LogP contribution in [0.3, 0.4) is 0 Å². The van der Waals surface area contributed by atoms with E-state index in [1.807, 2.05) is 40.4 Å². The standard InChI is InChI=1S/C14H15ClN4S/c1-9-2-3-10(15)6-12(9)13(18-16)7-11-8-19-4-5-20-14(19)17-11/h2-6,8,13,18H,7,16H2,1H3. The van der Waals surface area contributed by atoms with E-state index >= 15 is 0 Å². The summed E-state index contributed by atoms with van der Waals surface area (Å²) >= 11 is 7.70. The van der Waals surface area contributed by atoms with Crippen molar-refractivity contribution in [3.8, 4) is 0 Å². The molecule has 0 fully saturated rings. The summed E-state index contributed by atoms with van der Waals surface area (Å²) in [5.41, 5.74) is 6.15. The molecule has 4 nitrogen and oxygen atoms in total. The lowest BCUT2D eigenvalue weighted by Gasteiger charge is -2.17. The molecule has 2 aromatic heterocycles. The summed E-state index contributed by atoms with van der Waals surface area (Å²) in [4.78, 5) is 5.59. The number of nitrogens with zero attached hydrogens (tertiary/aromatic N) is 2. The number of aryl methyl sites for hydroxylation is 1. The van der Waals surface area contributed by atoms with Gasteiger partial charge in [0.1, 0.15) is 0 Å². The van der Waals surface area contributed by atoms with E-state index in [2.05, 4.69) is 17.3 Å². The van der Waals surface area contributed by atoms with Crippen LogP contribution in [-0.4, -0.2) is 9.38 Å². The molecule has 0 spiro atoms. The molecule has 0 aliphatic rings. The van der Waals surface area contributed by atoms with Crippen molar-refractivity contribution in [2.75, 3.05) is 0 Å². The zero-order valence-electron chi connectivity index (χ0n) is 11.0. The summed E-state index contributed by atoms with van der Waals surface area (Å²) < 4.78 is 2.03. The molecule has 0 bridgehead atoms. The molecule has 2 heterocycles. The third-order valence-electron chi connectivity index (χ3n) is 3.37. The van der Waals surface area contributed by atoms with E-state index in [-0.39, 0.29) is 6.04 Å². The number of thiazole rings is 1. The monoisotopic (exact) mass is 306 g/mol. The van der Waals surface area contributed by atoms with Crippen LogP contribution >= 0.6 is 22.9 Å². The predicted octanol–water partition coefficient (Wildman–Crippen LogP) is 3.10. The van der Waals surface area contributed by atoms with Crippen LogP contribution in [0, 0.1) is 6.92 Å². The second kappa shape index (κ2) is 5.54. The molecule has 3 rings (SSSR count). The average Bonchev–Trinajstić information content (AvgIpc) is 3.00. The Morgan fingerprint density at radius 3 is 3.10 bits per heavy atom. The summed E-state index contributed by atoms with van der Waals surface area (Å²) in [6, 6.07) is 5.85. The van der Waals surface area contributed by atoms with Gasteiger partial charge in [0.05, 0.1) is 11.7 Å². The molecule has 6 heteroatoms. The number of rotatable bonds is 4. The highest BCUT2D eigenvalue weighted by molar-refractivity contribution is 7.15. The molecule has 1 aromatic carbocycles. The number of imidazole rings is 1. The Kier molecular flexibility index (Phi) is 3.76. The van der Waals surface area contributed by atoms with E-state index < -0.39 is 0 Å². The number of hydrogen-bond acceptors (Lipinski definition) is 4. The lowest BCUT2D eigenvalue weighted by atomic mass is 9.98. The van der Waals surface area contributed by atoms with Gasteiger partial charge in [0.15, 0.2) is 4.96 Å². The Morgan fingerprint density at radius 2 is 2.35 bits per heavy atom. The van der Waals surface area contributed by atoms with Gasteiger partial charge in [-0.2, -0.15) is 0 Å². The topological polar surface area (TPSA) is 55.3 Å². The lowest BCUT2D eigenvalue weighted by molar-refractivity contribution is 0.544. The van der Waals surface area contributed by atoms with Crippen LogP contribution in [0.5, 0.6) is 0 Å². The molecule has 20 heavy (non-hydrogen) atoms. The van der Waals surface area contributed by atoms with E-state index in [1.54, 1.807) is 11.3 Å². The normalized spacial score (nSPS) is 12.9. The minimum atomic E-state index is -0.00157. The Labute approximate surface area is 126 Å². The highest BCUT2D eigenvalue weighted by atomic mass is 35.5. The molecule has 0 amide bonds. The van der Waals surface area contributed by atoms with E-state index in [1.165, 1.54) is 5.56 Å². The maximum absolute atomic E-state index is 6.08. The first-order valence-corrected chi connectivity index (χ1v) is 7.56. The van der Waals surface area contributed by atoms with Crippen molar-refractivity contribution in [3.63, 3.8) is 0 Å². The van der Waals surface area contributed by atoms with Gasteiger partial charge in [0, 0.05) is 29.2 Å².